The number of rotatable bonds is 4. The van der Waals surface area contributed by atoms with E-state index < -0.39 is 0 Å². The van der Waals surface area contributed by atoms with Gasteiger partial charge in [0.05, 0.1) is 5.69 Å². The Bertz CT molecular complexity index is 775. The summed E-state index contributed by atoms with van der Waals surface area (Å²) in [7, 11) is 0. The molecule has 2 fully saturated rings. The van der Waals surface area contributed by atoms with Gasteiger partial charge < -0.3 is 4.90 Å². The van der Waals surface area contributed by atoms with Crippen LogP contribution in [-0.4, -0.2) is 32.8 Å². The van der Waals surface area contributed by atoms with E-state index in [1.165, 1.54) is 12.8 Å². The van der Waals surface area contributed by atoms with Crippen molar-refractivity contribution in [2.24, 2.45) is 5.92 Å². The number of hydrogen-bond donors (Lipinski definition) is 0. The fourth-order valence-corrected chi connectivity index (χ4v) is 3.34. The van der Waals surface area contributed by atoms with Crippen molar-refractivity contribution in [3.05, 3.63) is 46.1 Å². The lowest BCUT2D eigenvalue weighted by molar-refractivity contribution is 0.332. The van der Waals surface area contributed by atoms with E-state index in [9.17, 15) is 4.79 Å². The first-order valence-electron chi connectivity index (χ1n) is 8.82. The molecule has 4 rings (SSSR count). The third kappa shape index (κ3) is 3.32. The summed E-state index contributed by atoms with van der Waals surface area (Å²) >= 11 is 0. The molecule has 0 atom stereocenters. The van der Waals surface area contributed by atoms with Crippen molar-refractivity contribution >= 4 is 5.95 Å². The molecule has 6 nitrogen and oxygen atoms in total. The Morgan fingerprint density at radius 2 is 1.92 bits per heavy atom. The Kier molecular flexibility index (Phi) is 4.04. The Hall–Kier alpha value is -2.24. The Morgan fingerprint density at radius 1 is 1.12 bits per heavy atom. The number of anilines is 1. The molecule has 0 bridgehead atoms. The highest BCUT2D eigenvalue weighted by Crippen LogP contribution is 2.38. The third-order valence-corrected chi connectivity index (χ3v) is 4.99. The quantitative estimate of drug-likeness (QED) is 0.862. The van der Waals surface area contributed by atoms with Gasteiger partial charge in [-0.15, -0.1) is 0 Å². The van der Waals surface area contributed by atoms with Gasteiger partial charge in [0.25, 0.3) is 5.56 Å². The Labute approximate surface area is 141 Å². The van der Waals surface area contributed by atoms with Gasteiger partial charge in [0.15, 0.2) is 0 Å². The molecule has 2 aromatic heterocycles. The molecular weight excluding hydrogens is 302 g/mol. The van der Waals surface area contributed by atoms with E-state index in [1.807, 2.05) is 25.3 Å². The first-order valence-corrected chi connectivity index (χ1v) is 8.82. The molecule has 0 radical (unpaired) electrons. The van der Waals surface area contributed by atoms with Crippen molar-refractivity contribution in [1.29, 1.82) is 0 Å². The SMILES string of the molecule is Cc1ccnc(N2CCC(Cn3nc(C4CC4)ccc3=O)CC2)n1. The number of piperidine rings is 1. The molecule has 2 aliphatic rings. The highest BCUT2D eigenvalue weighted by molar-refractivity contribution is 5.30. The van der Waals surface area contributed by atoms with E-state index in [-0.39, 0.29) is 5.56 Å². The maximum atomic E-state index is 12.1. The van der Waals surface area contributed by atoms with Crippen LogP contribution in [0.25, 0.3) is 0 Å². The fraction of sp³-hybridized carbons (Fsp3) is 0.556. The second-order valence-corrected chi connectivity index (χ2v) is 6.98. The van der Waals surface area contributed by atoms with E-state index in [0.717, 1.165) is 49.8 Å². The van der Waals surface area contributed by atoms with Gasteiger partial charge in [-0.2, -0.15) is 5.10 Å². The lowest BCUT2D eigenvalue weighted by Gasteiger charge is -2.32. The number of aromatic nitrogens is 4. The van der Waals surface area contributed by atoms with Crippen molar-refractivity contribution < 1.29 is 0 Å². The van der Waals surface area contributed by atoms with Crippen molar-refractivity contribution in [2.45, 2.75) is 45.1 Å². The van der Waals surface area contributed by atoms with E-state index in [4.69, 9.17) is 0 Å². The standard InChI is InChI=1S/C18H23N5O/c1-13-6-9-19-18(20-13)22-10-7-14(8-11-22)12-23-17(24)5-4-16(21-23)15-2-3-15/h4-6,9,14-15H,2-3,7-8,10-12H2,1H3. The second-order valence-electron chi connectivity index (χ2n) is 6.98. The van der Waals surface area contributed by atoms with Crippen molar-refractivity contribution in [1.82, 2.24) is 19.7 Å². The van der Waals surface area contributed by atoms with Crippen LogP contribution in [0.2, 0.25) is 0 Å². The van der Waals surface area contributed by atoms with Crippen LogP contribution in [0.1, 0.15) is 43.0 Å². The lowest BCUT2D eigenvalue weighted by Crippen LogP contribution is -2.37. The Morgan fingerprint density at radius 3 is 2.62 bits per heavy atom. The minimum atomic E-state index is 0.0175. The molecule has 0 N–H and O–H groups in total. The normalized spacial score (nSPS) is 18.8. The molecule has 1 aliphatic heterocycles. The van der Waals surface area contributed by atoms with Crippen molar-refractivity contribution in [3.8, 4) is 0 Å². The van der Waals surface area contributed by atoms with Crippen LogP contribution in [0.3, 0.4) is 0 Å². The highest BCUT2D eigenvalue weighted by Gasteiger charge is 2.26. The van der Waals surface area contributed by atoms with Gasteiger partial charge in [-0.3, -0.25) is 4.79 Å². The zero-order chi connectivity index (χ0) is 16.5. The molecule has 1 aliphatic carbocycles. The van der Waals surface area contributed by atoms with E-state index in [2.05, 4.69) is 20.0 Å². The van der Waals surface area contributed by atoms with E-state index in [1.54, 1.807) is 10.7 Å². The van der Waals surface area contributed by atoms with Crippen molar-refractivity contribution in [3.63, 3.8) is 0 Å². The molecular formula is C18H23N5O. The molecule has 0 aromatic carbocycles. The monoisotopic (exact) mass is 325 g/mol. The molecule has 1 saturated heterocycles. The first-order chi connectivity index (χ1) is 11.7. The molecule has 3 heterocycles. The van der Waals surface area contributed by atoms with Crippen molar-refractivity contribution in [2.75, 3.05) is 18.0 Å². The highest BCUT2D eigenvalue weighted by atomic mass is 16.1. The van der Waals surface area contributed by atoms with Crippen LogP contribution in [0.15, 0.2) is 29.2 Å². The van der Waals surface area contributed by atoms with E-state index >= 15 is 0 Å². The maximum absolute atomic E-state index is 12.1. The van der Waals surface area contributed by atoms with Gasteiger partial charge in [0.1, 0.15) is 0 Å². The van der Waals surface area contributed by atoms with Crippen LogP contribution in [-0.2, 0) is 6.54 Å². The van der Waals surface area contributed by atoms with Gasteiger partial charge in [-0.05, 0) is 50.7 Å². The van der Waals surface area contributed by atoms with Crippen LogP contribution in [0.4, 0.5) is 5.95 Å². The molecule has 126 valence electrons. The molecule has 6 heteroatoms. The van der Waals surface area contributed by atoms with E-state index in [0.29, 0.717) is 11.8 Å². The van der Waals surface area contributed by atoms with Crippen LogP contribution >= 0.6 is 0 Å². The Balaban J connectivity index is 1.40. The zero-order valence-corrected chi connectivity index (χ0v) is 14.1. The minimum Gasteiger partial charge on any atom is -0.341 e. The second kappa shape index (κ2) is 6.34. The van der Waals surface area contributed by atoms with Crippen LogP contribution in [0, 0.1) is 12.8 Å². The lowest BCUT2D eigenvalue weighted by atomic mass is 9.97. The fourth-order valence-electron chi connectivity index (χ4n) is 3.34. The average Bonchev–Trinajstić information content (AvgIpc) is 3.43. The molecule has 0 amide bonds. The molecule has 2 aromatic rings. The van der Waals surface area contributed by atoms with Gasteiger partial charge >= 0.3 is 0 Å². The number of aryl methyl sites for hydroxylation is 1. The predicted octanol–water partition coefficient (Wildman–Crippen LogP) is 2.14. The first kappa shape index (κ1) is 15.3. The number of nitrogens with zero attached hydrogens (tertiary/aromatic N) is 5. The molecule has 1 saturated carbocycles. The van der Waals surface area contributed by atoms with Gasteiger partial charge in [-0.1, -0.05) is 0 Å². The van der Waals surface area contributed by atoms with Gasteiger partial charge in [0, 0.05) is 43.5 Å². The summed E-state index contributed by atoms with van der Waals surface area (Å²) in [6, 6.07) is 5.49. The summed E-state index contributed by atoms with van der Waals surface area (Å²) in [5.41, 5.74) is 2.10. The predicted molar refractivity (Wildman–Crippen MR) is 92.2 cm³/mol. The number of hydrogen-bond acceptors (Lipinski definition) is 5. The largest absolute Gasteiger partial charge is 0.341 e. The minimum absolute atomic E-state index is 0.0175. The summed E-state index contributed by atoms with van der Waals surface area (Å²) in [6.45, 7) is 4.58. The third-order valence-electron chi connectivity index (χ3n) is 4.99. The van der Waals surface area contributed by atoms with Crippen LogP contribution in [0.5, 0.6) is 0 Å². The van der Waals surface area contributed by atoms with Gasteiger partial charge in [-0.25, -0.2) is 14.6 Å². The maximum Gasteiger partial charge on any atom is 0.266 e. The van der Waals surface area contributed by atoms with Crippen LogP contribution < -0.4 is 10.5 Å². The average molecular weight is 325 g/mol. The summed E-state index contributed by atoms with van der Waals surface area (Å²) in [5, 5.41) is 4.58. The molecule has 0 unspecified atom stereocenters. The smallest absolute Gasteiger partial charge is 0.266 e. The molecule has 24 heavy (non-hydrogen) atoms. The molecule has 0 spiro atoms. The summed E-state index contributed by atoms with van der Waals surface area (Å²) in [6.07, 6.45) is 6.31. The van der Waals surface area contributed by atoms with Gasteiger partial charge in [0.2, 0.25) is 5.95 Å². The summed E-state index contributed by atoms with van der Waals surface area (Å²) in [5.74, 6) is 1.89. The summed E-state index contributed by atoms with van der Waals surface area (Å²) < 4.78 is 1.68. The topological polar surface area (TPSA) is 63.9 Å². The summed E-state index contributed by atoms with van der Waals surface area (Å²) in [4.78, 5) is 23.2. The zero-order valence-electron chi connectivity index (χ0n) is 14.1.